The second-order valence-electron chi connectivity index (χ2n) is 6.60. The highest BCUT2D eigenvalue weighted by Crippen LogP contribution is 2.23. The molecule has 1 fully saturated rings. The minimum Gasteiger partial charge on any atom is -0.496 e. The van der Waals surface area contributed by atoms with Crippen molar-refractivity contribution in [3.63, 3.8) is 0 Å². The number of rotatable bonds is 7. The van der Waals surface area contributed by atoms with E-state index in [9.17, 15) is 18.0 Å². The summed E-state index contributed by atoms with van der Waals surface area (Å²) in [6.07, 6.45) is -0.924. The number of halogens is 1. The van der Waals surface area contributed by atoms with E-state index in [-0.39, 0.29) is 31.1 Å². The van der Waals surface area contributed by atoms with E-state index < -0.39 is 28.1 Å². The predicted octanol–water partition coefficient (Wildman–Crippen LogP) is 1.13. The number of sulfonamides is 1. The van der Waals surface area contributed by atoms with Gasteiger partial charge in [0.25, 0.3) is 0 Å². The normalized spacial score (nSPS) is 16.6. The molecule has 0 unspecified atom stereocenters. The Morgan fingerprint density at radius 1 is 1.13 bits per heavy atom. The summed E-state index contributed by atoms with van der Waals surface area (Å²) in [6, 6.07) is 12.9. The number of amides is 2. The first kappa shape index (κ1) is 23.0. The Balaban J connectivity index is 1.56. The molecule has 2 amide bonds. The van der Waals surface area contributed by atoms with Crippen molar-refractivity contribution in [1.82, 2.24) is 14.9 Å². The molecular weight excluding hydrogens is 446 g/mol. The smallest absolute Gasteiger partial charge is 0.309 e. The van der Waals surface area contributed by atoms with Gasteiger partial charge in [-0.3, -0.25) is 9.59 Å². The van der Waals surface area contributed by atoms with E-state index in [1.165, 1.54) is 31.4 Å². The molecule has 3 rings (SSSR count). The van der Waals surface area contributed by atoms with Gasteiger partial charge < -0.3 is 20.1 Å². The molecule has 1 saturated heterocycles. The van der Waals surface area contributed by atoms with Gasteiger partial charge in [0.15, 0.2) is 0 Å². The Labute approximate surface area is 185 Å². The highest BCUT2D eigenvalue weighted by atomic mass is 35.5. The average molecular weight is 468 g/mol. The average Bonchev–Trinajstić information content (AvgIpc) is 3.26. The van der Waals surface area contributed by atoms with Crippen molar-refractivity contribution in [2.45, 2.75) is 17.7 Å². The number of hydrogen-bond acceptors (Lipinski definition) is 6. The zero-order chi connectivity index (χ0) is 22.4. The van der Waals surface area contributed by atoms with E-state index in [0.29, 0.717) is 16.3 Å². The number of carbonyl (C=O) groups excluding carboxylic acids is 2. The Bertz CT molecular complexity index is 1050. The third kappa shape index (κ3) is 5.53. The lowest BCUT2D eigenvalue weighted by molar-refractivity contribution is -0.139. The highest BCUT2D eigenvalue weighted by molar-refractivity contribution is 7.89. The van der Waals surface area contributed by atoms with Gasteiger partial charge >= 0.3 is 11.8 Å². The number of hydrogen-bond donors (Lipinski definition) is 2. The number of methoxy groups -OCH3 is 1. The van der Waals surface area contributed by atoms with Crippen molar-refractivity contribution in [3.8, 4) is 5.75 Å². The zero-order valence-corrected chi connectivity index (χ0v) is 18.3. The molecule has 0 aliphatic carbocycles. The summed E-state index contributed by atoms with van der Waals surface area (Å²) in [4.78, 5) is 24.3. The first-order valence-corrected chi connectivity index (χ1v) is 11.2. The van der Waals surface area contributed by atoms with Crippen LogP contribution in [0.5, 0.6) is 5.75 Å². The number of ether oxygens (including phenoxy) is 2. The van der Waals surface area contributed by atoms with E-state index in [1.54, 1.807) is 24.3 Å². The van der Waals surface area contributed by atoms with Crippen LogP contribution in [0.25, 0.3) is 0 Å². The largest absolute Gasteiger partial charge is 0.496 e. The van der Waals surface area contributed by atoms with Crippen LogP contribution in [0.1, 0.15) is 5.56 Å². The fourth-order valence-corrected chi connectivity index (χ4v) is 4.69. The Hall–Kier alpha value is -2.66. The van der Waals surface area contributed by atoms with E-state index >= 15 is 0 Å². The van der Waals surface area contributed by atoms with E-state index in [1.807, 2.05) is 0 Å². The summed E-state index contributed by atoms with van der Waals surface area (Å²) in [7, 11) is -2.33. The molecule has 0 spiro atoms. The Kier molecular flexibility index (Phi) is 7.50. The number of nitrogens with one attached hydrogen (secondary N) is 2. The Morgan fingerprint density at radius 2 is 1.81 bits per heavy atom. The first-order chi connectivity index (χ1) is 14.8. The van der Waals surface area contributed by atoms with Gasteiger partial charge in [-0.05, 0) is 30.3 Å². The molecule has 31 heavy (non-hydrogen) atoms. The molecule has 1 aliphatic heterocycles. The third-order valence-corrected chi connectivity index (χ3v) is 6.79. The molecule has 166 valence electrons. The van der Waals surface area contributed by atoms with Crippen molar-refractivity contribution < 1.29 is 27.5 Å². The highest BCUT2D eigenvalue weighted by Gasteiger charge is 2.36. The molecule has 2 aromatic rings. The predicted molar refractivity (Wildman–Crippen MR) is 113 cm³/mol. The standard InChI is InChI=1S/C20H22ClN3O6S/c1-29-17-5-3-2-4-14(17)12-22-19(25)20(26)23-13-18-24(10-11-30-18)31(27,28)16-8-6-15(21)7-9-16/h2-9,18H,10-13H2,1H3,(H,22,25)(H,23,26)/t18-/m0/s1. The van der Waals surface area contributed by atoms with Crippen molar-refractivity contribution in [3.05, 3.63) is 59.1 Å². The maximum absolute atomic E-state index is 12.9. The monoisotopic (exact) mass is 467 g/mol. The minimum atomic E-state index is -3.84. The summed E-state index contributed by atoms with van der Waals surface area (Å²) >= 11 is 5.82. The van der Waals surface area contributed by atoms with E-state index in [2.05, 4.69) is 10.6 Å². The molecule has 2 aromatic carbocycles. The van der Waals surface area contributed by atoms with Gasteiger partial charge in [-0.15, -0.1) is 0 Å². The maximum atomic E-state index is 12.9. The van der Waals surface area contributed by atoms with Crippen molar-refractivity contribution >= 4 is 33.4 Å². The molecule has 1 heterocycles. The van der Waals surface area contributed by atoms with Crippen LogP contribution < -0.4 is 15.4 Å². The van der Waals surface area contributed by atoms with Crippen molar-refractivity contribution in [1.29, 1.82) is 0 Å². The van der Waals surface area contributed by atoms with E-state index in [0.717, 1.165) is 4.31 Å². The van der Waals surface area contributed by atoms with Crippen LogP contribution in [0.3, 0.4) is 0 Å². The molecule has 0 saturated carbocycles. The van der Waals surface area contributed by atoms with Crippen LogP contribution in [0.2, 0.25) is 5.02 Å². The van der Waals surface area contributed by atoms with Gasteiger partial charge in [0.05, 0.1) is 25.2 Å². The van der Waals surface area contributed by atoms with Crippen LogP contribution in [0.4, 0.5) is 0 Å². The topological polar surface area (TPSA) is 114 Å². The lowest BCUT2D eigenvalue weighted by atomic mass is 10.2. The minimum absolute atomic E-state index is 0.0632. The molecule has 2 N–H and O–H groups in total. The van der Waals surface area contributed by atoms with Gasteiger partial charge in [0.2, 0.25) is 10.0 Å². The van der Waals surface area contributed by atoms with Crippen LogP contribution in [-0.4, -0.2) is 57.6 Å². The number of para-hydroxylation sites is 1. The Morgan fingerprint density at radius 3 is 2.52 bits per heavy atom. The lowest BCUT2D eigenvalue weighted by Gasteiger charge is -2.22. The van der Waals surface area contributed by atoms with Gasteiger partial charge in [-0.2, -0.15) is 4.31 Å². The maximum Gasteiger partial charge on any atom is 0.309 e. The second-order valence-corrected chi connectivity index (χ2v) is 8.93. The number of benzene rings is 2. The fraction of sp³-hybridized carbons (Fsp3) is 0.300. The summed E-state index contributed by atoms with van der Waals surface area (Å²) < 4.78 is 37.5. The summed E-state index contributed by atoms with van der Waals surface area (Å²) in [5.41, 5.74) is 0.713. The van der Waals surface area contributed by atoms with Crippen LogP contribution in [0.15, 0.2) is 53.4 Å². The first-order valence-electron chi connectivity index (χ1n) is 9.40. The summed E-state index contributed by atoms with van der Waals surface area (Å²) in [6.45, 7) is 0.236. The van der Waals surface area contributed by atoms with E-state index in [4.69, 9.17) is 21.1 Å². The van der Waals surface area contributed by atoms with Crippen LogP contribution in [-0.2, 0) is 30.9 Å². The van der Waals surface area contributed by atoms with Gasteiger partial charge in [0.1, 0.15) is 12.0 Å². The number of nitrogens with zero attached hydrogens (tertiary/aromatic N) is 1. The molecule has 0 bridgehead atoms. The molecule has 0 aromatic heterocycles. The SMILES string of the molecule is COc1ccccc1CNC(=O)C(=O)NC[C@@H]1OCCN1S(=O)(=O)c1ccc(Cl)cc1. The molecule has 9 nitrogen and oxygen atoms in total. The molecule has 1 aliphatic rings. The van der Waals surface area contributed by atoms with Crippen LogP contribution in [0, 0.1) is 0 Å². The van der Waals surface area contributed by atoms with Crippen molar-refractivity contribution in [2.24, 2.45) is 0 Å². The molecule has 11 heteroatoms. The van der Waals surface area contributed by atoms with Crippen molar-refractivity contribution in [2.75, 3.05) is 26.8 Å². The molecule has 0 radical (unpaired) electrons. The fourth-order valence-electron chi connectivity index (χ4n) is 3.05. The molecular formula is C20H22ClN3O6S. The third-order valence-electron chi connectivity index (χ3n) is 4.64. The summed E-state index contributed by atoms with van der Waals surface area (Å²) in [5, 5.41) is 5.34. The second kappa shape index (κ2) is 10.1. The lowest BCUT2D eigenvalue weighted by Crippen LogP contribution is -2.47. The van der Waals surface area contributed by atoms with Gasteiger partial charge in [0, 0.05) is 23.7 Å². The van der Waals surface area contributed by atoms with Gasteiger partial charge in [-0.1, -0.05) is 29.8 Å². The van der Waals surface area contributed by atoms with Gasteiger partial charge in [-0.25, -0.2) is 8.42 Å². The number of carbonyl (C=O) groups is 2. The summed E-state index contributed by atoms with van der Waals surface area (Å²) in [5.74, 6) is -1.16. The quantitative estimate of drug-likeness (QED) is 0.590. The zero-order valence-electron chi connectivity index (χ0n) is 16.7. The van der Waals surface area contributed by atoms with Crippen LogP contribution >= 0.6 is 11.6 Å². The molecule has 1 atom stereocenters.